The van der Waals surface area contributed by atoms with Crippen molar-refractivity contribution in [3.8, 4) is 0 Å². The number of Topliss-reactive ketones (excluding diaryl/α,β-unsaturated/α-hetero) is 1. The molecule has 19 heteroatoms. The van der Waals surface area contributed by atoms with Crippen LogP contribution in [-0.2, 0) is 57.9 Å². The third-order valence-electron chi connectivity index (χ3n) is 12.3. The van der Waals surface area contributed by atoms with Gasteiger partial charge in [-0.1, -0.05) is 69.7 Å². The van der Waals surface area contributed by atoms with Gasteiger partial charge >= 0.3 is 17.9 Å². The summed E-state index contributed by atoms with van der Waals surface area (Å²) in [4.78, 5) is 109. The Labute approximate surface area is 384 Å². The SMILES string of the molecule is CCC(C)[C@H](NC(=O)[C@@H](C)Cc1c[nH]c2ccccc12)C(=O)C[C@@H](CCC(N)=O)C(=O)NCc1ccc(CNC(=O)CCC(C(=O)O)N2CCN(CC(=O)O)CCN(CC(=O)O)CC2)cc1. The maximum atomic E-state index is 13.9. The van der Waals surface area contributed by atoms with E-state index >= 15 is 0 Å². The second kappa shape index (κ2) is 26.1. The van der Waals surface area contributed by atoms with Crippen molar-refractivity contribution >= 4 is 58.2 Å². The molecule has 1 aliphatic rings. The average molecular weight is 919 g/mol. The fourth-order valence-electron chi connectivity index (χ4n) is 8.10. The Morgan fingerprint density at radius 2 is 1.32 bits per heavy atom. The zero-order chi connectivity index (χ0) is 48.3. The van der Waals surface area contributed by atoms with Crippen LogP contribution in [0, 0.1) is 17.8 Å². The maximum absolute atomic E-state index is 13.9. The normalized spacial score (nSPS) is 16.3. The summed E-state index contributed by atoms with van der Waals surface area (Å²) >= 11 is 0. The van der Waals surface area contributed by atoms with Crippen molar-refractivity contribution in [2.45, 2.75) is 90.9 Å². The second-order valence-electron chi connectivity index (χ2n) is 17.3. The molecule has 19 nitrogen and oxygen atoms in total. The van der Waals surface area contributed by atoms with Gasteiger partial charge in [0.2, 0.25) is 23.6 Å². The quantitative estimate of drug-likeness (QED) is 0.0572. The number of rotatable bonds is 26. The van der Waals surface area contributed by atoms with Crippen LogP contribution in [-0.4, -0.2) is 147 Å². The molecule has 66 heavy (non-hydrogen) atoms. The van der Waals surface area contributed by atoms with Gasteiger partial charge in [0, 0.05) is 101 Å². The topological polar surface area (TPSA) is 285 Å². The lowest BCUT2D eigenvalue weighted by atomic mass is 9.87. The number of para-hydroxylation sites is 1. The monoisotopic (exact) mass is 918 g/mol. The molecule has 0 saturated carbocycles. The largest absolute Gasteiger partial charge is 0.480 e. The Balaban J connectivity index is 1.29. The van der Waals surface area contributed by atoms with Gasteiger partial charge in [0.15, 0.2) is 5.78 Å². The third kappa shape index (κ3) is 17.0. The number of hydrogen-bond donors (Lipinski definition) is 8. The Hall–Kier alpha value is -6.18. The number of nitrogens with two attached hydrogens (primary N) is 1. The Morgan fingerprint density at radius 3 is 1.88 bits per heavy atom. The van der Waals surface area contributed by atoms with E-state index in [1.54, 1.807) is 39.0 Å². The first kappa shape index (κ1) is 52.4. The van der Waals surface area contributed by atoms with Crippen molar-refractivity contribution in [2.75, 3.05) is 52.4 Å². The summed E-state index contributed by atoms with van der Waals surface area (Å²) < 4.78 is 0. The van der Waals surface area contributed by atoms with Crippen LogP contribution < -0.4 is 21.7 Å². The molecule has 360 valence electrons. The number of carboxylic acid groups (broad SMARTS) is 3. The first-order valence-corrected chi connectivity index (χ1v) is 22.6. The highest BCUT2D eigenvalue weighted by Crippen LogP contribution is 2.23. The van der Waals surface area contributed by atoms with Crippen LogP contribution in [0.1, 0.15) is 76.0 Å². The van der Waals surface area contributed by atoms with Gasteiger partial charge in [-0.05, 0) is 47.9 Å². The highest BCUT2D eigenvalue weighted by Gasteiger charge is 2.32. The van der Waals surface area contributed by atoms with Gasteiger partial charge in [0.1, 0.15) is 6.04 Å². The Kier molecular flexibility index (Phi) is 20.7. The van der Waals surface area contributed by atoms with Gasteiger partial charge in [0.05, 0.1) is 19.1 Å². The molecular formula is C47H66N8O11. The minimum Gasteiger partial charge on any atom is -0.480 e. The maximum Gasteiger partial charge on any atom is 0.320 e. The lowest BCUT2D eigenvalue weighted by Crippen LogP contribution is -2.48. The molecule has 2 unspecified atom stereocenters. The number of fused-ring (bicyclic) bond motifs is 1. The van der Waals surface area contributed by atoms with Crippen LogP contribution in [0.2, 0.25) is 0 Å². The molecule has 4 amide bonds. The minimum atomic E-state index is -1.15. The number of aromatic nitrogens is 1. The van der Waals surface area contributed by atoms with Crippen molar-refractivity contribution in [1.82, 2.24) is 35.6 Å². The van der Waals surface area contributed by atoms with Crippen LogP contribution in [0.5, 0.6) is 0 Å². The van der Waals surface area contributed by atoms with Gasteiger partial charge in [-0.2, -0.15) is 0 Å². The first-order chi connectivity index (χ1) is 31.4. The van der Waals surface area contributed by atoms with E-state index in [4.69, 9.17) is 5.73 Å². The number of carboxylic acids is 3. The number of nitrogens with one attached hydrogen (secondary N) is 4. The summed E-state index contributed by atoms with van der Waals surface area (Å²) in [5.41, 5.74) is 8.86. The summed E-state index contributed by atoms with van der Waals surface area (Å²) in [5, 5.41) is 38.4. The molecule has 0 spiro atoms. The number of hydrogen-bond acceptors (Lipinski definition) is 11. The van der Waals surface area contributed by atoms with E-state index < -0.39 is 53.6 Å². The Morgan fingerprint density at radius 1 is 0.742 bits per heavy atom. The molecule has 0 bridgehead atoms. The predicted molar refractivity (Wildman–Crippen MR) is 245 cm³/mol. The van der Waals surface area contributed by atoms with Crippen LogP contribution in [0.4, 0.5) is 0 Å². The van der Waals surface area contributed by atoms with E-state index in [1.807, 2.05) is 51.2 Å². The number of nitrogens with zero attached hydrogens (tertiary/aromatic N) is 3. The molecule has 5 atom stereocenters. The molecule has 3 aromatic rings. The van der Waals surface area contributed by atoms with Gasteiger partial charge in [-0.3, -0.25) is 53.1 Å². The molecule has 2 heterocycles. The number of benzene rings is 2. The van der Waals surface area contributed by atoms with Crippen LogP contribution in [0.25, 0.3) is 10.9 Å². The average Bonchev–Trinajstić information content (AvgIpc) is 3.71. The number of carbonyl (C=O) groups excluding carboxylic acids is 5. The standard InChI is InChI=1S/C47H66N8O11/c1-4-30(2)44(52-45(63)31(3)23-35-27-49-37-8-6-5-7-36(35)37)39(56)24-34(13-15-40(48)57)46(64)51-26-33-11-9-32(10-12-33)25-50-41(58)16-14-38(47(65)66)55-21-19-53(28-42(59)60)17-18-54(20-22-55)29-43(61)62/h5-12,27,30-31,34,38,44,49H,4,13-26,28-29H2,1-3H3,(H2,48,57)(H,50,58)(H,51,64)(H,52,63)(H,59,60)(H,61,62)(H,65,66)/t30?,31-,34+,38?,44-/m0/s1. The minimum absolute atomic E-state index is 0.0255. The lowest BCUT2D eigenvalue weighted by Gasteiger charge is -2.30. The highest BCUT2D eigenvalue weighted by molar-refractivity contribution is 5.93. The second-order valence-corrected chi connectivity index (χ2v) is 17.3. The van der Waals surface area contributed by atoms with E-state index in [1.165, 1.54) is 0 Å². The summed E-state index contributed by atoms with van der Waals surface area (Å²) in [5.74, 6) is -6.80. The molecule has 2 aromatic carbocycles. The molecule has 4 rings (SSSR count). The summed E-state index contributed by atoms with van der Waals surface area (Å²) in [6, 6.07) is 13.0. The zero-order valence-electron chi connectivity index (χ0n) is 38.1. The summed E-state index contributed by atoms with van der Waals surface area (Å²) in [6.07, 6.45) is 2.56. The van der Waals surface area contributed by atoms with Crippen LogP contribution in [0.3, 0.4) is 0 Å². The zero-order valence-corrected chi connectivity index (χ0v) is 38.1. The fourth-order valence-corrected chi connectivity index (χ4v) is 8.10. The fraction of sp³-hybridized carbons (Fsp3) is 0.532. The van der Waals surface area contributed by atoms with Gasteiger partial charge in [-0.25, -0.2) is 0 Å². The van der Waals surface area contributed by atoms with Gasteiger partial charge in [0.25, 0.3) is 0 Å². The van der Waals surface area contributed by atoms with Crippen LogP contribution in [0.15, 0.2) is 54.7 Å². The summed E-state index contributed by atoms with van der Waals surface area (Å²) in [7, 11) is 0. The van der Waals surface area contributed by atoms with Crippen molar-refractivity contribution in [1.29, 1.82) is 0 Å². The summed E-state index contributed by atoms with van der Waals surface area (Å²) in [6.45, 7) is 6.87. The van der Waals surface area contributed by atoms with Crippen molar-refractivity contribution < 1.29 is 53.7 Å². The van der Waals surface area contributed by atoms with E-state index in [0.29, 0.717) is 25.9 Å². The molecule has 1 fully saturated rings. The number of ketones is 1. The van der Waals surface area contributed by atoms with E-state index in [9.17, 15) is 53.7 Å². The highest BCUT2D eigenvalue weighted by atomic mass is 16.4. The van der Waals surface area contributed by atoms with E-state index in [0.717, 1.165) is 27.6 Å². The molecule has 0 aliphatic carbocycles. The van der Waals surface area contributed by atoms with E-state index in [2.05, 4.69) is 20.9 Å². The first-order valence-electron chi connectivity index (χ1n) is 22.6. The Bertz CT molecular complexity index is 2120. The molecule has 1 aliphatic heterocycles. The lowest BCUT2D eigenvalue weighted by molar-refractivity contribution is -0.145. The number of H-pyrrole nitrogens is 1. The van der Waals surface area contributed by atoms with Gasteiger partial charge in [-0.15, -0.1) is 0 Å². The molecule has 0 radical (unpaired) electrons. The molecule has 1 aromatic heterocycles. The number of aliphatic carboxylic acids is 3. The molecular weight excluding hydrogens is 853 g/mol. The van der Waals surface area contributed by atoms with Crippen molar-refractivity contribution in [3.05, 3.63) is 71.4 Å². The third-order valence-corrected chi connectivity index (χ3v) is 12.3. The van der Waals surface area contributed by atoms with E-state index in [-0.39, 0.29) is 108 Å². The van der Waals surface area contributed by atoms with Crippen molar-refractivity contribution in [3.63, 3.8) is 0 Å². The number of amides is 4. The predicted octanol–water partition coefficient (Wildman–Crippen LogP) is 1.97. The van der Waals surface area contributed by atoms with Crippen molar-refractivity contribution in [2.24, 2.45) is 23.5 Å². The van der Waals surface area contributed by atoms with Gasteiger partial charge < -0.3 is 42.0 Å². The number of primary amides is 1. The molecule has 1 saturated heterocycles. The van der Waals surface area contributed by atoms with Crippen LogP contribution >= 0.6 is 0 Å². The number of aromatic amines is 1. The number of carbonyl (C=O) groups is 8. The molecule has 9 N–H and O–H groups in total. The smallest absolute Gasteiger partial charge is 0.320 e.